The van der Waals surface area contributed by atoms with Crippen LogP contribution in [0.25, 0.3) is 0 Å². The number of esters is 1. The van der Waals surface area contributed by atoms with Crippen molar-refractivity contribution in [1.29, 1.82) is 0 Å². The van der Waals surface area contributed by atoms with Crippen molar-refractivity contribution in [2.75, 3.05) is 66.0 Å². The van der Waals surface area contributed by atoms with E-state index in [4.69, 9.17) is 18.9 Å². The summed E-state index contributed by atoms with van der Waals surface area (Å²) in [7, 11) is 6.31. The number of likely N-dealkylation sites (tertiary alicyclic amines) is 1. The minimum absolute atomic E-state index is 0.206. The Morgan fingerprint density at radius 3 is 1.95 bits per heavy atom. The summed E-state index contributed by atoms with van der Waals surface area (Å²) in [5.74, 6) is 1.03. The lowest BCUT2D eigenvalue weighted by molar-refractivity contribution is -0.156. The first-order chi connectivity index (χ1) is 21.4. The summed E-state index contributed by atoms with van der Waals surface area (Å²) in [4.78, 5) is 35.3. The van der Waals surface area contributed by atoms with Crippen LogP contribution in [0.1, 0.15) is 44.9 Å². The maximum absolute atomic E-state index is 13.8. The van der Waals surface area contributed by atoms with Gasteiger partial charge in [0.2, 0.25) is 5.75 Å². The van der Waals surface area contributed by atoms with E-state index in [2.05, 4.69) is 46.5 Å². The summed E-state index contributed by atoms with van der Waals surface area (Å²) < 4.78 is 22.6. The molecule has 44 heavy (non-hydrogen) atoms. The fourth-order valence-electron chi connectivity index (χ4n) is 5.86. The number of hydrogen-bond acceptors (Lipinski definition) is 8. The summed E-state index contributed by atoms with van der Waals surface area (Å²) >= 11 is 0. The van der Waals surface area contributed by atoms with E-state index in [-0.39, 0.29) is 18.1 Å². The summed E-state index contributed by atoms with van der Waals surface area (Å²) in [5.41, 5.74) is 0.572. The third-order valence-corrected chi connectivity index (χ3v) is 8.34. The van der Waals surface area contributed by atoms with Gasteiger partial charge in [-0.05, 0) is 69.5 Å². The molecule has 1 aromatic carbocycles. The number of piperidine rings is 1. The number of amides is 2. The Kier molecular flexibility index (Phi) is 12.4. The average Bonchev–Trinajstić information content (AvgIpc) is 3.07. The largest absolute Gasteiger partial charge is 0.493 e. The molecule has 1 atom stereocenters. The number of anilines is 1. The van der Waals surface area contributed by atoms with Gasteiger partial charge in [-0.15, -0.1) is 0 Å². The minimum atomic E-state index is -0.631. The Morgan fingerprint density at radius 2 is 1.45 bits per heavy atom. The van der Waals surface area contributed by atoms with Crippen LogP contribution >= 0.6 is 0 Å². The number of rotatable bonds is 14. The van der Waals surface area contributed by atoms with Gasteiger partial charge in [-0.2, -0.15) is 0 Å². The van der Waals surface area contributed by atoms with Gasteiger partial charge in [-0.1, -0.05) is 24.3 Å². The second-order valence-electron chi connectivity index (χ2n) is 11.3. The average molecular weight is 609 g/mol. The molecule has 4 rings (SSSR count). The number of carbonyl (C=O) groups is 2. The van der Waals surface area contributed by atoms with Gasteiger partial charge in [0.25, 0.3) is 0 Å². The molecule has 1 fully saturated rings. The quantitative estimate of drug-likeness (QED) is 0.261. The number of ether oxygens (including phenoxy) is 4. The first-order valence-corrected chi connectivity index (χ1v) is 15.6. The van der Waals surface area contributed by atoms with E-state index in [0.717, 1.165) is 64.7 Å². The van der Waals surface area contributed by atoms with E-state index in [1.807, 2.05) is 12.2 Å². The van der Waals surface area contributed by atoms with Crippen molar-refractivity contribution in [2.24, 2.45) is 0 Å². The van der Waals surface area contributed by atoms with E-state index in [1.54, 1.807) is 24.1 Å². The van der Waals surface area contributed by atoms with Crippen LogP contribution in [0.4, 0.5) is 10.5 Å². The summed E-state index contributed by atoms with van der Waals surface area (Å²) in [5, 5.41) is 0. The van der Waals surface area contributed by atoms with Crippen LogP contribution in [0, 0.1) is 0 Å². The molecule has 2 amide bonds. The van der Waals surface area contributed by atoms with Crippen molar-refractivity contribution in [3.05, 3.63) is 61.0 Å². The van der Waals surface area contributed by atoms with Gasteiger partial charge in [0.1, 0.15) is 12.1 Å². The number of carbonyl (C=O) groups excluding carboxylic acids is 2. The fraction of sp³-hybridized carbons (Fsp3) is 0.529. The molecule has 0 aliphatic carbocycles. The molecule has 3 aliphatic heterocycles. The lowest BCUT2D eigenvalue weighted by Gasteiger charge is -2.37. The highest BCUT2D eigenvalue weighted by Crippen LogP contribution is 2.41. The molecule has 0 radical (unpaired) electrons. The van der Waals surface area contributed by atoms with Gasteiger partial charge in [-0.3, -0.25) is 4.90 Å². The highest BCUT2D eigenvalue weighted by Gasteiger charge is 2.36. The predicted octanol–water partition coefficient (Wildman–Crippen LogP) is 5.37. The predicted molar refractivity (Wildman–Crippen MR) is 172 cm³/mol. The molecule has 0 unspecified atom stereocenters. The van der Waals surface area contributed by atoms with Gasteiger partial charge >= 0.3 is 12.0 Å². The normalized spacial score (nSPS) is 17.7. The molecule has 0 N–H and O–H groups in total. The monoisotopic (exact) mass is 608 g/mol. The van der Waals surface area contributed by atoms with E-state index < -0.39 is 6.04 Å². The van der Waals surface area contributed by atoms with Gasteiger partial charge in [-0.25, -0.2) is 9.59 Å². The Bertz CT molecular complexity index is 1170. The first-order valence-electron chi connectivity index (χ1n) is 15.6. The smallest absolute Gasteiger partial charge is 0.329 e. The van der Waals surface area contributed by atoms with E-state index in [9.17, 15) is 9.59 Å². The molecule has 3 aliphatic rings. The van der Waals surface area contributed by atoms with Gasteiger partial charge < -0.3 is 33.6 Å². The van der Waals surface area contributed by atoms with Crippen LogP contribution in [0.2, 0.25) is 0 Å². The highest BCUT2D eigenvalue weighted by molar-refractivity contribution is 5.95. The molecule has 0 bridgehead atoms. The Balaban J connectivity index is 1.42. The zero-order chi connectivity index (χ0) is 31.3. The molecular weight excluding hydrogens is 560 g/mol. The van der Waals surface area contributed by atoms with Gasteiger partial charge in [0.05, 0.1) is 27.0 Å². The number of nitrogens with zero attached hydrogens (tertiary/aromatic N) is 4. The zero-order valence-electron chi connectivity index (χ0n) is 26.7. The molecule has 0 aromatic heterocycles. The summed E-state index contributed by atoms with van der Waals surface area (Å²) in [6.07, 6.45) is 22.2. The third-order valence-electron chi connectivity index (χ3n) is 8.34. The lowest BCUT2D eigenvalue weighted by atomic mass is 10.0. The minimum Gasteiger partial charge on any atom is -0.493 e. The van der Waals surface area contributed by atoms with Crippen LogP contribution < -0.4 is 19.1 Å². The summed E-state index contributed by atoms with van der Waals surface area (Å²) in [6, 6.07) is 2.56. The lowest BCUT2D eigenvalue weighted by Crippen LogP contribution is -2.53. The molecule has 10 heteroatoms. The van der Waals surface area contributed by atoms with Crippen LogP contribution in [0.15, 0.2) is 61.0 Å². The van der Waals surface area contributed by atoms with Gasteiger partial charge in [0, 0.05) is 51.9 Å². The van der Waals surface area contributed by atoms with Crippen molar-refractivity contribution in [3.63, 3.8) is 0 Å². The molecule has 0 saturated carbocycles. The second-order valence-corrected chi connectivity index (χ2v) is 11.3. The van der Waals surface area contributed by atoms with Crippen LogP contribution in [-0.4, -0.2) is 99.9 Å². The first kappa shape index (κ1) is 32.8. The number of methoxy groups -OCH3 is 3. The van der Waals surface area contributed by atoms with Crippen LogP contribution in [0.5, 0.6) is 17.2 Å². The van der Waals surface area contributed by atoms with Gasteiger partial charge in [0.15, 0.2) is 11.5 Å². The Hall–Kier alpha value is -4.08. The van der Waals surface area contributed by atoms with Crippen LogP contribution in [-0.2, 0) is 9.53 Å². The SMILES string of the molecule is COc1cc(N(C)C(=O)N2CCCC[C@H]2C(=O)OC(CCCN2C=CC=CC2)CCCN2C=CC=CC2)cc(OC)c1OC. The zero-order valence-corrected chi connectivity index (χ0v) is 26.7. The summed E-state index contributed by atoms with van der Waals surface area (Å²) in [6.45, 7) is 4.09. The van der Waals surface area contributed by atoms with Crippen molar-refractivity contribution < 1.29 is 28.5 Å². The van der Waals surface area contributed by atoms with Crippen molar-refractivity contribution in [2.45, 2.75) is 57.1 Å². The maximum Gasteiger partial charge on any atom is 0.329 e. The van der Waals surface area contributed by atoms with Crippen LogP contribution in [0.3, 0.4) is 0 Å². The molecule has 10 nitrogen and oxygen atoms in total. The molecular formula is C34H48N4O6. The fourth-order valence-corrected chi connectivity index (χ4v) is 5.86. The van der Waals surface area contributed by atoms with Crippen molar-refractivity contribution in [3.8, 4) is 17.2 Å². The van der Waals surface area contributed by atoms with E-state index in [0.29, 0.717) is 35.9 Å². The highest BCUT2D eigenvalue weighted by atomic mass is 16.5. The number of benzene rings is 1. The molecule has 3 heterocycles. The van der Waals surface area contributed by atoms with Crippen molar-refractivity contribution in [1.82, 2.24) is 14.7 Å². The maximum atomic E-state index is 13.8. The number of allylic oxidation sites excluding steroid dienone is 4. The standard InChI is InChI=1S/C34H48N4O6/c1-35(27-25-30(41-2)32(43-4)31(26-27)42-3)34(40)38-24-12-7-17-29(38)33(39)44-28(15-13-22-36-18-8-5-9-19-36)16-14-23-37-20-10-6-11-21-37/h5-6,8-11,18,20,25-26,28-29H,7,12-17,19,21-24H2,1-4H3/t29-/m0/s1. The topological polar surface area (TPSA) is 84.0 Å². The second kappa shape index (κ2) is 16.7. The molecule has 1 aromatic rings. The number of hydrogen-bond donors (Lipinski definition) is 0. The Labute approximate surface area is 262 Å². The Morgan fingerprint density at radius 1 is 0.864 bits per heavy atom. The van der Waals surface area contributed by atoms with E-state index >= 15 is 0 Å². The molecule has 240 valence electrons. The molecule has 0 spiro atoms. The van der Waals surface area contributed by atoms with Crippen molar-refractivity contribution >= 4 is 17.7 Å². The third kappa shape index (κ3) is 8.74. The van der Waals surface area contributed by atoms with E-state index in [1.165, 1.54) is 26.2 Å². The molecule has 1 saturated heterocycles. The number of urea groups is 1.